The van der Waals surface area contributed by atoms with Gasteiger partial charge in [0.25, 0.3) is 0 Å². The van der Waals surface area contributed by atoms with Gasteiger partial charge < -0.3 is 0 Å². The van der Waals surface area contributed by atoms with Crippen molar-refractivity contribution in [1.82, 2.24) is 0 Å². The van der Waals surface area contributed by atoms with E-state index in [-0.39, 0.29) is 22.5 Å². The zero-order valence-corrected chi connectivity index (χ0v) is 11.6. The summed E-state index contributed by atoms with van der Waals surface area (Å²) < 4.78 is 0. The fourth-order valence-electron chi connectivity index (χ4n) is 1.57. The summed E-state index contributed by atoms with van der Waals surface area (Å²) >= 11 is 0. The van der Waals surface area contributed by atoms with E-state index in [0.717, 1.165) is 5.57 Å². The van der Waals surface area contributed by atoms with Gasteiger partial charge >= 0.3 is 0 Å². The molecule has 0 fully saturated rings. The van der Waals surface area contributed by atoms with Crippen LogP contribution in [-0.4, -0.2) is 5.78 Å². The Balaban J connectivity index is 5.02. The van der Waals surface area contributed by atoms with Gasteiger partial charge in [-0.3, -0.25) is 4.79 Å². The van der Waals surface area contributed by atoms with Gasteiger partial charge in [-0.2, -0.15) is 0 Å². The molecule has 0 saturated heterocycles. The van der Waals surface area contributed by atoms with E-state index in [0.29, 0.717) is 0 Å². The fraction of sp³-hybridized carbons (Fsp3) is 0.786. The third kappa shape index (κ3) is 3.81. The van der Waals surface area contributed by atoms with Crippen LogP contribution in [0.5, 0.6) is 0 Å². The molecule has 0 radical (unpaired) electrons. The topological polar surface area (TPSA) is 17.1 Å². The van der Waals surface area contributed by atoms with Gasteiger partial charge in [-0.05, 0) is 23.3 Å². The van der Waals surface area contributed by atoms with Crippen LogP contribution >= 0.6 is 0 Å². The lowest BCUT2D eigenvalue weighted by molar-refractivity contribution is -0.122. The van der Waals surface area contributed by atoms with Crippen molar-refractivity contribution in [2.45, 2.75) is 55.4 Å². The Morgan fingerprint density at radius 2 is 1.47 bits per heavy atom. The van der Waals surface area contributed by atoms with Gasteiger partial charge in [0.2, 0.25) is 0 Å². The number of ketones is 1. The Hall–Kier alpha value is -0.590. The second-order valence-electron chi connectivity index (χ2n) is 6.40. The minimum atomic E-state index is -0.0503. The molecule has 0 aromatic rings. The van der Waals surface area contributed by atoms with Crippen molar-refractivity contribution >= 4 is 5.78 Å². The highest BCUT2D eigenvalue weighted by Crippen LogP contribution is 2.34. The molecule has 0 aliphatic heterocycles. The molecule has 1 unspecified atom stereocenters. The van der Waals surface area contributed by atoms with Crippen LogP contribution in [0.3, 0.4) is 0 Å². The first-order valence-corrected chi connectivity index (χ1v) is 5.72. The van der Waals surface area contributed by atoms with E-state index in [2.05, 4.69) is 41.5 Å². The Morgan fingerprint density at radius 1 is 1.07 bits per heavy atom. The molecule has 0 bridgehead atoms. The fourth-order valence-corrected chi connectivity index (χ4v) is 1.57. The van der Waals surface area contributed by atoms with Crippen molar-refractivity contribution in [3.8, 4) is 0 Å². The van der Waals surface area contributed by atoms with E-state index >= 15 is 0 Å². The molecule has 0 spiro atoms. The maximum absolute atomic E-state index is 12.3. The molecule has 1 heteroatoms. The number of rotatable bonds is 2. The molecule has 0 aromatic heterocycles. The minimum Gasteiger partial charge on any atom is -0.294 e. The van der Waals surface area contributed by atoms with Gasteiger partial charge in [0.15, 0.2) is 5.78 Å². The first-order valence-electron chi connectivity index (χ1n) is 5.72. The summed E-state index contributed by atoms with van der Waals surface area (Å²) in [7, 11) is 0. The highest BCUT2D eigenvalue weighted by Gasteiger charge is 2.32. The van der Waals surface area contributed by atoms with E-state index in [1.807, 2.05) is 19.9 Å². The molecular formula is C14H26O. The SMILES string of the molecule is C/C=C(\C(=O)C(C)C(C)(C)C)C(C)(C)C. The van der Waals surface area contributed by atoms with Crippen LogP contribution < -0.4 is 0 Å². The molecule has 0 saturated carbocycles. The van der Waals surface area contributed by atoms with Crippen LogP contribution in [0.4, 0.5) is 0 Å². The lowest BCUT2D eigenvalue weighted by Crippen LogP contribution is -2.31. The average Bonchev–Trinajstić information content (AvgIpc) is 1.99. The summed E-state index contributed by atoms with van der Waals surface area (Å²) in [5.41, 5.74) is 0.937. The van der Waals surface area contributed by atoms with Crippen LogP contribution in [0, 0.1) is 16.7 Å². The third-order valence-corrected chi connectivity index (χ3v) is 3.05. The summed E-state index contributed by atoms with van der Waals surface area (Å²) in [5, 5.41) is 0. The molecule has 0 N–H and O–H groups in total. The molecule has 1 nitrogen and oxygen atoms in total. The second-order valence-corrected chi connectivity index (χ2v) is 6.40. The second kappa shape index (κ2) is 4.51. The lowest BCUT2D eigenvalue weighted by atomic mass is 9.72. The summed E-state index contributed by atoms with van der Waals surface area (Å²) in [5.74, 6) is 0.362. The van der Waals surface area contributed by atoms with Crippen LogP contribution in [0.25, 0.3) is 0 Å². The summed E-state index contributed by atoms with van der Waals surface area (Å²) in [6, 6.07) is 0. The van der Waals surface area contributed by atoms with Crippen molar-refractivity contribution < 1.29 is 4.79 Å². The molecule has 0 amide bonds. The summed E-state index contributed by atoms with van der Waals surface area (Å²) in [6.45, 7) is 16.6. The van der Waals surface area contributed by atoms with Crippen molar-refractivity contribution in [2.75, 3.05) is 0 Å². The Labute approximate surface area is 95.0 Å². The zero-order chi connectivity index (χ0) is 12.4. The van der Waals surface area contributed by atoms with Gasteiger partial charge in [-0.1, -0.05) is 54.5 Å². The molecule has 0 heterocycles. The third-order valence-electron chi connectivity index (χ3n) is 3.05. The average molecular weight is 210 g/mol. The lowest BCUT2D eigenvalue weighted by Gasteiger charge is -2.31. The molecule has 15 heavy (non-hydrogen) atoms. The number of allylic oxidation sites excluding steroid dienone is 2. The molecule has 1 atom stereocenters. The largest absolute Gasteiger partial charge is 0.294 e. The molecule has 0 aliphatic carbocycles. The van der Waals surface area contributed by atoms with E-state index in [1.165, 1.54) is 0 Å². The van der Waals surface area contributed by atoms with Crippen LogP contribution in [0.1, 0.15) is 55.4 Å². The first kappa shape index (κ1) is 14.4. The monoisotopic (exact) mass is 210 g/mol. The van der Waals surface area contributed by atoms with Gasteiger partial charge in [-0.25, -0.2) is 0 Å². The van der Waals surface area contributed by atoms with Gasteiger partial charge in [-0.15, -0.1) is 0 Å². The van der Waals surface area contributed by atoms with Crippen LogP contribution in [-0.2, 0) is 4.79 Å². The maximum Gasteiger partial charge on any atom is 0.162 e. The van der Waals surface area contributed by atoms with E-state index < -0.39 is 0 Å². The van der Waals surface area contributed by atoms with Crippen LogP contribution in [0.15, 0.2) is 11.6 Å². The highest BCUT2D eigenvalue weighted by molar-refractivity contribution is 5.98. The molecule has 0 aliphatic rings. The first-order chi connectivity index (χ1) is 6.51. The zero-order valence-electron chi connectivity index (χ0n) is 11.6. The molecule has 0 rings (SSSR count). The Kier molecular flexibility index (Phi) is 4.33. The predicted octanol–water partition coefficient (Wildman–Crippen LogP) is 4.23. The minimum absolute atomic E-state index is 0.0383. The quantitative estimate of drug-likeness (QED) is 0.623. The van der Waals surface area contributed by atoms with Crippen molar-refractivity contribution in [3.05, 3.63) is 11.6 Å². The number of carbonyl (C=O) groups is 1. The Bertz CT molecular complexity index is 258. The van der Waals surface area contributed by atoms with E-state index in [1.54, 1.807) is 0 Å². The number of hydrogen-bond donors (Lipinski definition) is 0. The Morgan fingerprint density at radius 3 is 1.67 bits per heavy atom. The van der Waals surface area contributed by atoms with Crippen molar-refractivity contribution in [3.63, 3.8) is 0 Å². The van der Waals surface area contributed by atoms with Crippen LogP contribution in [0.2, 0.25) is 0 Å². The van der Waals surface area contributed by atoms with Crippen molar-refractivity contribution in [2.24, 2.45) is 16.7 Å². The van der Waals surface area contributed by atoms with E-state index in [9.17, 15) is 4.79 Å². The van der Waals surface area contributed by atoms with E-state index in [4.69, 9.17) is 0 Å². The summed E-state index contributed by atoms with van der Waals surface area (Å²) in [6.07, 6.45) is 1.96. The maximum atomic E-state index is 12.3. The normalized spacial score (nSPS) is 16.4. The standard InChI is InChI=1S/C14H26O/c1-9-11(14(6,7)8)12(15)10(2)13(3,4)5/h9-10H,1-8H3/b11-9+. The van der Waals surface area contributed by atoms with Gasteiger partial charge in [0.05, 0.1) is 0 Å². The smallest absolute Gasteiger partial charge is 0.162 e. The molecule has 88 valence electrons. The summed E-state index contributed by atoms with van der Waals surface area (Å²) in [4.78, 5) is 12.3. The number of Topliss-reactive ketones (excluding diaryl/α,β-unsaturated/α-hetero) is 1. The highest BCUT2D eigenvalue weighted by atomic mass is 16.1. The number of hydrogen-bond acceptors (Lipinski definition) is 1. The molecular weight excluding hydrogens is 184 g/mol. The van der Waals surface area contributed by atoms with Gasteiger partial charge in [0, 0.05) is 5.92 Å². The van der Waals surface area contributed by atoms with Crippen molar-refractivity contribution in [1.29, 1.82) is 0 Å². The predicted molar refractivity (Wildman–Crippen MR) is 66.8 cm³/mol. The van der Waals surface area contributed by atoms with Gasteiger partial charge in [0.1, 0.15) is 0 Å². The molecule has 0 aromatic carbocycles. The number of carbonyl (C=O) groups excluding carboxylic acids is 1.